The molecule has 1 aliphatic rings. The van der Waals surface area contributed by atoms with Crippen LogP contribution in [0.15, 0.2) is 35.3 Å². The summed E-state index contributed by atoms with van der Waals surface area (Å²) >= 11 is 0. The van der Waals surface area contributed by atoms with Gasteiger partial charge in [-0.3, -0.25) is 4.79 Å². The van der Waals surface area contributed by atoms with E-state index in [0.29, 0.717) is 10.8 Å². The maximum atomic E-state index is 12.6. The molecule has 1 fully saturated rings. The molecule has 5 heteroatoms. The maximum Gasteiger partial charge on any atom is 0.500 e. The number of aromatic nitrogens is 1. The Labute approximate surface area is 118 Å². The van der Waals surface area contributed by atoms with Gasteiger partial charge in [0.05, 0.1) is 11.2 Å². The van der Waals surface area contributed by atoms with E-state index in [0.717, 1.165) is 5.52 Å². The highest BCUT2D eigenvalue weighted by Crippen LogP contribution is 2.36. The molecule has 0 aliphatic carbocycles. The van der Waals surface area contributed by atoms with Gasteiger partial charge in [0.25, 0.3) is 0 Å². The topological polar surface area (TPSA) is 51.3 Å². The first-order valence-electron chi connectivity index (χ1n) is 6.78. The average Bonchev–Trinajstić information content (AvgIpc) is 2.59. The Kier molecular flexibility index (Phi) is 2.82. The molecule has 2 heterocycles. The van der Waals surface area contributed by atoms with E-state index in [1.165, 1.54) is 0 Å². The second-order valence-corrected chi connectivity index (χ2v) is 6.21. The summed E-state index contributed by atoms with van der Waals surface area (Å²) in [6.07, 6.45) is 1.69. The molecule has 4 nitrogen and oxygen atoms in total. The standard InChI is InChI=1S/C15H18BNO3/c1-14(2)15(3,4)20-16(19-14)11-9-17-12-8-6-5-7-10(12)13(11)18/h5-9H,1-4H3,(H,17,18). The lowest BCUT2D eigenvalue weighted by atomic mass is 9.79. The zero-order valence-electron chi connectivity index (χ0n) is 12.2. The number of benzene rings is 1. The lowest BCUT2D eigenvalue weighted by Crippen LogP contribution is -2.43. The van der Waals surface area contributed by atoms with Crippen molar-refractivity contribution in [1.29, 1.82) is 0 Å². The van der Waals surface area contributed by atoms with Gasteiger partial charge in [-0.2, -0.15) is 0 Å². The minimum absolute atomic E-state index is 0.0437. The van der Waals surface area contributed by atoms with E-state index in [4.69, 9.17) is 9.31 Å². The number of para-hydroxylation sites is 1. The van der Waals surface area contributed by atoms with Crippen molar-refractivity contribution in [3.63, 3.8) is 0 Å². The quantitative estimate of drug-likeness (QED) is 0.805. The average molecular weight is 271 g/mol. The third kappa shape index (κ3) is 1.89. The lowest BCUT2D eigenvalue weighted by Gasteiger charge is -2.32. The van der Waals surface area contributed by atoms with Crippen molar-refractivity contribution in [2.45, 2.75) is 38.9 Å². The van der Waals surface area contributed by atoms with E-state index in [2.05, 4.69) is 4.98 Å². The van der Waals surface area contributed by atoms with Gasteiger partial charge in [-0.25, -0.2) is 0 Å². The van der Waals surface area contributed by atoms with Gasteiger partial charge in [-0.1, -0.05) is 12.1 Å². The maximum absolute atomic E-state index is 12.6. The first-order valence-corrected chi connectivity index (χ1v) is 6.78. The van der Waals surface area contributed by atoms with Crippen LogP contribution in [0.3, 0.4) is 0 Å². The highest BCUT2D eigenvalue weighted by atomic mass is 16.7. The number of fused-ring (bicyclic) bond motifs is 1. The van der Waals surface area contributed by atoms with Crippen molar-refractivity contribution in [3.05, 3.63) is 40.7 Å². The van der Waals surface area contributed by atoms with Crippen LogP contribution in [0.2, 0.25) is 0 Å². The van der Waals surface area contributed by atoms with E-state index < -0.39 is 18.3 Å². The number of nitrogens with one attached hydrogen (secondary N) is 1. The Hall–Kier alpha value is -1.59. The molecular weight excluding hydrogens is 253 g/mol. The molecule has 0 bridgehead atoms. The van der Waals surface area contributed by atoms with Crippen molar-refractivity contribution >= 4 is 23.5 Å². The largest absolute Gasteiger partial charge is 0.500 e. The molecule has 1 saturated heterocycles. The molecular formula is C15H18BNO3. The van der Waals surface area contributed by atoms with Gasteiger partial charge in [0.2, 0.25) is 0 Å². The van der Waals surface area contributed by atoms with Crippen LogP contribution in [-0.2, 0) is 9.31 Å². The Bertz CT molecular complexity index is 704. The van der Waals surface area contributed by atoms with E-state index in [1.807, 2.05) is 52.0 Å². The highest BCUT2D eigenvalue weighted by Gasteiger charge is 2.52. The van der Waals surface area contributed by atoms with Crippen LogP contribution >= 0.6 is 0 Å². The number of hydrogen-bond acceptors (Lipinski definition) is 3. The number of rotatable bonds is 1. The summed E-state index contributed by atoms with van der Waals surface area (Å²) in [6.45, 7) is 7.90. The van der Waals surface area contributed by atoms with E-state index in [9.17, 15) is 4.79 Å². The summed E-state index contributed by atoms with van der Waals surface area (Å²) in [5.74, 6) is 0. The van der Waals surface area contributed by atoms with Gasteiger partial charge in [0, 0.05) is 22.6 Å². The summed E-state index contributed by atoms with van der Waals surface area (Å²) in [4.78, 5) is 15.7. The fourth-order valence-corrected chi connectivity index (χ4v) is 2.33. The second kappa shape index (κ2) is 4.20. The van der Waals surface area contributed by atoms with Crippen LogP contribution < -0.4 is 10.9 Å². The summed E-state index contributed by atoms with van der Waals surface area (Å²) in [5.41, 5.74) is 0.392. The van der Waals surface area contributed by atoms with E-state index in [-0.39, 0.29) is 5.43 Å². The summed E-state index contributed by atoms with van der Waals surface area (Å²) < 4.78 is 11.9. The van der Waals surface area contributed by atoms with E-state index in [1.54, 1.807) is 6.20 Å². The van der Waals surface area contributed by atoms with E-state index >= 15 is 0 Å². The van der Waals surface area contributed by atoms with Crippen molar-refractivity contribution < 1.29 is 9.31 Å². The predicted octanol–water partition coefficient (Wildman–Crippen LogP) is 1.83. The monoisotopic (exact) mass is 271 g/mol. The van der Waals surface area contributed by atoms with Crippen LogP contribution in [0, 0.1) is 0 Å². The first kappa shape index (κ1) is 13.4. The molecule has 0 unspecified atom stereocenters. The normalized spacial score (nSPS) is 20.5. The van der Waals surface area contributed by atoms with Crippen molar-refractivity contribution in [3.8, 4) is 0 Å². The minimum Gasteiger partial charge on any atom is -0.399 e. The van der Waals surface area contributed by atoms with Crippen LogP contribution in [-0.4, -0.2) is 23.3 Å². The summed E-state index contributed by atoms with van der Waals surface area (Å²) in [6, 6.07) is 7.44. The van der Waals surface area contributed by atoms with Crippen LogP contribution in [0.4, 0.5) is 0 Å². The molecule has 2 aromatic rings. The van der Waals surface area contributed by atoms with Crippen LogP contribution in [0.1, 0.15) is 27.7 Å². The number of pyridine rings is 1. The third-order valence-electron chi connectivity index (χ3n) is 4.32. The minimum atomic E-state index is -0.631. The van der Waals surface area contributed by atoms with Crippen LogP contribution in [0.5, 0.6) is 0 Å². The number of hydrogen-bond donors (Lipinski definition) is 1. The third-order valence-corrected chi connectivity index (χ3v) is 4.32. The van der Waals surface area contributed by atoms with Gasteiger partial charge in [0.15, 0.2) is 5.43 Å². The fraction of sp³-hybridized carbons (Fsp3) is 0.400. The molecule has 1 N–H and O–H groups in total. The van der Waals surface area contributed by atoms with Gasteiger partial charge < -0.3 is 14.3 Å². The molecule has 1 aromatic carbocycles. The van der Waals surface area contributed by atoms with Gasteiger partial charge in [0.1, 0.15) is 0 Å². The van der Waals surface area contributed by atoms with Crippen molar-refractivity contribution in [2.24, 2.45) is 0 Å². The molecule has 0 radical (unpaired) electrons. The second-order valence-electron chi connectivity index (χ2n) is 6.21. The van der Waals surface area contributed by atoms with Crippen molar-refractivity contribution in [2.75, 3.05) is 0 Å². The summed E-state index contributed by atoms with van der Waals surface area (Å²) in [7, 11) is -0.631. The zero-order chi connectivity index (χ0) is 14.5. The van der Waals surface area contributed by atoms with Crippen molar-refractivity contribution in [1.82, 2.24) is 4.98 Å². The summed E-state index contributed by atoms with van der Waals surface area (Å²) in [5, 5.41) is 0.653. The van der Waals surface area contributed by atoms with Gasteiger partial charge >= 0.3 is 7.12 Å². The molecule has 1 aliphatic heterocycles. The molecule has 0 atom stereocenters. The Morgan fingerprint density at radius 3 is 2.30 bits per heavy atom. The molecule has 20 heavy (non-hydrogen) atoms. The molecule has 0 amide bonds. The molecule has 0 spiro atoms. The molecule has 1 aromatic heterocycles. The zero-order valence-corrected chi connectivity index (χ0v) is 12.2. The number of H-pyrrole nitrogens is 1. The predicted molar refractivity (Wildman–Crippen MR) is 80.3 cm³/mol. The first-order chi connectivity index (χ1) is 9.32. The Balaban J connectivity index is 2.09. The Morgan fingerprint density at radius 1 is 1.05 bits per heavy atom. The Morgan fingerprint density at radius 2 is 1.65 bits per heavy atom. The van der Waals surface area contributed by atoms with Gasteiger partial charge in [-0.05, 0) is 39.8 Å². The van der Waals surface area contributed by atoms with Crippen LogP contribution in [0.25, 0.3) is 10.9 Å². The smallest absolute Gasteiger partial charge is 0.399 e. The SMILES string of the molecule is CC1(C)OB(c2c[nH]c3ccccc3c2=O)OC1(C)C. The molecule has 3 rings (SSSR count). The lowest BCUT2D eigenvalue weighted by molar-refractivity contribution is 0.00578. The highest BCUT2D eigenvalue weighted by molar-refractivity contribution is 6.62. The fourth-order valence-electron chi connectivity index (χ4n) is 2.33. The number of aromatic amines is 1. The molecule has 104 valence electrons. The van der Waals surface area contributed by atoms with Gasteiger partial charge in [-0.15, -0.1) is 0 Å². The molecule has 0 saturated carbocycles.